The lowest BCUT2D eigenvalue weighted by Crippen LogP contribution is -2.45. The Morgan fingerprint density at radius 1 is 1.31 bits per heavy atom. The first-order chi connectivity index (χ1) is 7.80. The third-order valence-corrected chi connectivity index (χ3v) is 3.23. The van der Waals surface area contributed by atoms with Crippen LogP contribution in [0.2, 0.25) is 0 Å². The topological polar surface area (TPSA) is 33.7 Å². The van der Waals surface area contributed by atoms with Gasteiger partial charge in [-0.1, -0.05) is 6.92 Å². The molecule has 1 saturated heterocycles. The maximum atomic E-state index is 5.39. The number of nitrogens with one attached hydrogen (secondary N) is 1. The standard InChI is InChI=1S/C12H26N2O2/c1-4-13-11-5-7-14(8-6-11)9-12(16-3)10-15-2/h11-13H,4-10H2,1-3H3. The zero-order chi connectivity index (χ0) is 11.8. The Labute approximate surface area is 99.3 Å². The SMILES string of the molecule is CCNC1CCN(CC(COC)OC)CC1. The third-order valence-electron chi connectivity index (χ3n) is 3.23. The van der Waals surface area contributed by atoms with E-state index >= 15 is 0 Å². The molecular formula is C12H26N2O2. The van der Waals surface area contributed by atoms with Gasteiger partial charge in [0.25, 0.3) is 0 Å². The molecule has 1 N–H and O–H groups in total. The molecule has 1 unspecified atom stereocenters. The predicted octanol–water partition coefficient (Wildman–Crippen LogP) is 0.722. The normalized spacial score (nSPS) is 21.2. The van der Waals surface area contributed by atoms with Gasteiger partial charge in [-0.15, -0.1) is 0 Å². The zero-order valence-corrected chi connectivity index (χ0v) is 10.9. The van der Waals surface area contributed by atoms with Crippen molar-refractivity contribution in [2.75, 3.05) is 47.0 Å². The van der Waals surface area contributed by atoms with Crippen molar-refractivity contribution in [3.63, 3.8) is 0 Å². The summed E-state index contributed by atoms with van der Waals surface area (Å²) in [5.41, 5.74) is 0. The minimum atomic E-state index is 0.209. The molecule has 96 valence electrons. The van der Waals surface area contributed by atoms with Gasteiger partial charge in [0.2, 0.25) is 0 Å². The van der Waals surface area contributed by atoms with Crippen LogP contribution in [0, 0.1) is 0 Å². The molecule has 1 rings (SSSR count). The number of rotatable bonds is 7. The Bertz CT molecular complexity index is 170. The summed E-state index contributed by atoms with van der Waals surface area (Å²) >= 11 is 0. The van der Waals surface area contributed by atoms with Crippen LogP contribution >= 0.6 is 0 Å². The average Bonchev–Trinajstić information content (AvgIpc) is 2.31. The average molecular weight is 230 g/mol. The number of hydrogen-bond donors (Lipinski definition) is 1. The van der Waals surface area contributed by atoms with E-state index in [0.717, 1.165) is 13.1 Å². The van der Waals surface area contributed by atoms with E-state index in [4.69, 9.17) is 9.47 Å². The highest BCUT2D eigenvalue weighted by atomic mass is 16.5. The highest BCUT2D eigenvalue weighted by Crippen LogP contribution is 2.11. The summed E-state index contributed by atoms with van der Waals surface area (Å²) in [7, 11) is 3.48. The van der Waals surface area contributed by atoms with Crippen LogP contribution in [0.4, 0.5) is 0 Å². The molecule has 0 amide bonds. The Kier molecular flexibility index (Phi) is 6.96. The van der Waals surface area contributed by atoms with Crippen LogP contribution in [-0.4, -0.2) is 64.1 Å². The van der Waals surface area contributed by atoms with Crippen molar-refractivity contribution in [3.05, 3.63) is 0 Å². The van der Waals surface area contributed by atoms with Gasteiger partial charge in [-0.25, -0.2) is 0 Å². The molecule has 1 aliphatic heterocycles. The lowest BCUT2D eigenvalue weighted by atomic mass is 10.0. The van der Waals surface area contributed by atoms with Crippen molar-refractivity contribution >= 4 is 0 Å². The number of likely N-dealkylation sites (tertiary alicyclic amines) is 1. The summed E-state index contributed by atoms with van der Waals surface area (Å²) in [5.74, 6) is 0. The predicted molar refractivity (Wildman–Crippen MR) is 65.8 cm³/mol. The molecule has 1 atom stereocenters. The summed E-state index contributed by atoms with van der Waals surface area (Å²) < 4.78 is 10.5. The van der Waals surface area contributed by atoms with Crippen LogP contribution < -0.4 is 5.32 Å². The monoisotopic (exact) mass is 230 g/mol. The molecule has 0 radical (unpaired) electrons. The Hall–Kier alpha value is -0.160. The highest BCUT2D eigenvalue weighted by molar-refractivity contribution is 4.78. The highest BCUT2D eigenvalue weighted by Gasteiger charge is 2.20. The lowest BCUT2D eigenvalue weighted by Gasteiger charge is -2.34. The van der Waals surface area contributed by atoms with Crippen molar-refractivity contribution in [2.24, 2.45) is 0 Å². The molecular weight excluding hydrogens is 204 g/mol. The Morgan fingerprint density at radius 2 is 2.00 bits per heavy atom. The molecule has 1 aliphatic rings. The second kappa shape index (κ2) is 8.01. The number of piperidine rings is 1. The smallest absolute Gasteiger partial charge is 0.0931 e. The molecule has 0 aromatic rings. The minimum Gasteiger partial charge on any atom is -0.382 e. The van der Waals surface area contributed by atoms with E-state index < -0.39 is 0 Å². The van der Waals surface area contributed by atoms with E-state index in [1.807, 2.05) is 0 Å². The van der Waals surface area contributed by atoms with Gasteiger partial charge in [-0.05, 0) is 32.5 Å². The largest absolute Gasteiger partial charge is 0.382 e. The Balaban J connectivity index is 2.20. The molecule has 0 aromatic heterocycles. The Morgan fingerprint density at radius 3 is 2.50 bits per heavy atom. The van der Waals surface area contributed by atoms with E-state index in [1.165, 1.54) is 25.9 Å². The number of methoxy groups -OCH3 is 2. The van der Waals surface area contributed by atoms with Crippen LogP contribution in [0.25, 0.3) is 0 Å². The zero-order valence-electron chi connectivity index (χ0n) is 10.9. The molecule has 0 spiro atoms. The fourth-order valence-corrected chi connectivity index (χ4v) is 2.28. The molecule has 0 aromatic carbocycles. The molecule has 16 heavy (non-hydrogen) atoms. The van der Waals surface area contributed by atoms with E-state index in [0.29, 0.717) is 12.6 Å². The maximum absolute atomic E-state index is 5.39. The van der Waals surface area contributed by atoms with Gasteiger partial charge in [0.1, 0.15) is 0 Å². The van der Waals surface area contributed by atoms with Crippen LogP contribution in [0.1, 0.15) is 19.8 Å². The van der Waals surface area contributed by atoms with Crippen LogP contribution in [0.15, 0.2) is 0 Å². The van der Waals surface area contributed by atoms with Gasteiger partial charge >= 0.3 is 0 Å². The third kappa shape index (κ3) is 4.78. The number of ether oxygens (including phenoxy) is 2. The van der Waals surface area contributed by atoms with Gasteiger partial charge in [0.15, 0.2) is 0 Å². The molecule has 4 nitrogen and oxygen atoms in total. The van der Waals surface area contributed by atoms with Crippen molar-refractivity contribution in [2.45, 2.75) is 31.9 Å². The van der Waals surface area contributed by atoms with E-state index in [1.54, 1.807) is 14.2 Å². The quantitative estimate of drug-likeness (QED) is 0.699. The number of hydrogen-bond acceptors (Lipinski definition) is 4. The van der Waals surface area contributed by atoms with Crippen molar-refractivity contribution in [1.82, 2.24) is 10.2 Å². The molecule has 0 saturated carbocycles. The van der Waals surface area contributed by atoms with Gasteiger partial charge in [0.05, 0.1) is 12.7 Å². The van der Waals surface area contributed by atoms with Crippen LogP contribution in [-0.2, 0) is 9.47 Å². The molecule has 1 heterocycles. The first-order valence-corrected chi connectivity index (χ1v) is 6.27. The van der Waals surface area contributed by atoms with Crippen molar-refractivity contribution < 1.29 is 9.47 Å². The second-order valence-corrected chi connectivity index (χ2v) is 4.45. The second-order valence-electron chi connectivity index (χ2n) is 4.45. The van der Waals surface area contributed by atoms with Crippen LogP contribution in [0.5, 0.6) is 0 Å². The summed E-state index contributed by atoms with van der Waals surface area (Å²) in [4.78, 5) is 2.47. The minimum absolute atomic E-state index is 0.209. The summed E-state index contributed by atoms with van der Waals surface area (Å²) in [6, 6.07) is 0.713. The first-order valence-electron chi connectivity index (χ1n) is 6.27. The van der Waals surface area contributed by atoms with E-state index in [-0.39, 0.29) is 6.10 Å². The summed E-state index contributed by atoms with van der Waals surface area (Å²) in [6.07, 6.45) is 2.70. The summed E-state index contributed by atoms with van der Waals surface area (Å²) in [6.45, 7) is 7.26. The van der Waals surface area contributed by atoms with Gasteiger partial charge in [0, 0.05) is 26.8 Å². The molecule has 0 aliphatic carbocycles. The fraction of sp³-hybridized carbons (Fsp3) is 1.00. The van der Waals surface area contributed by atoms with E-state index in [2.05, 4.69) is 17.1 Å². The lowest BCUT2D eigenvalue weighted by molar-refractivity contribution is 0.00135. The number of nitrogens with zero attached hydrogens (tertiary/aromatic N) is 1. The van der Waals surface area contributed by atoms with Crippen LogP contribution in [0.3, 0.4) is 0 Å². The van der Waals surface area contributed by atoms with Gasteiger partial charge in [-0.3, -0.25) is 0 Å². The summed E-state index contributed by atoms with van der Waals surface area (Å²) in [5, 5.41) is 3.51. The first kappa shape index (κ1) is 13.9. The maximum Gasteiger partial charge on any atom is 0.0931 e. The fourth-order valence-electron chi connectivity index (χ4n) is 2.28. The molecule has 1 fully saturated rings. The molecule has 0 bridgehead atoms. The van der Waals surface area contributed by atoms with Gasteiger partial charge < -0.3 is 19.7 Å². The van der Waals surface area contributed by atoms with E-state index in [9.17, 15) is 0 Å². The van der Waals surface area contributed by atoms with Crippen molar-refractivity contribution in [1.29, 1.82) is 0 Å². The van der Waals surface area contributed by atoms with Gasteiger partial charge in [-0.2, -0.15) is 0 Å². The molecule has 4 heteroatoms. The van der Waals surface area contributed by atoms with Crippen molar-refractivity contribution in [3.8, 4) is 0 Å².